The Kier molecular flexibility index (Phi) is 9.41. The SMILES string of the molecule is CCC(CP(OC)OC)P(OC)OC. The van der Waals surface area contributed by atoms with Crippen molar-refractivity contribution in [2.75, 3.05) is 34.6 Å². The lowest BCUT2D eigenvalue weighted by atomic mass is 10.4. The Bertz CT molecular complexity index is 129. The van der Waals surface area contributed by atoms with Crippen molar-refractivity contribution in [2.45, 2.75) is 19.0 Å². The molecule has 0 rings (SSSR count). The maximum Gasteiger partial charge on any atom is 0.173 e. The molecule has 4 nitrogen and oxygen atoms in total. The number of hydrogen-bond donors (Lipinski definition) is 0. The zero-order valence-electron chi connectivity index (χ0n) is 9.52. The zero-order valence-corrected chi connectivity index (χ0v) is 11.3. The van der Waals surface area contributed by atoms with Crippen LogP contribution >= 0.6 is 16.8 Å². The van der Waals surface area contributed by atoms with Crippen LogP contribution in [0.3, 0.4) is 0 Å². The van der Waals surface area contributed by atoms with Crippen LogP contribution in [-0.2, 0) is 18.1 Å². The summed E-state index contributed by atoms with van der Waals surface area (Å²) in [4.78, 5) is 0. The molecular formula is C8H20O4P2. The normalized spacial score (nSPS) is 13.9. The third-order valence-corrected chi connectivity index (χ3v) is 5.60. The van der Waals surface area contributed by atoms with Gasteiger partial charge in [-0.3, -0.25) is 0 Å². The Morgan fingerprint density at radius 1 is 0.929 bits per heavy atom. The molecule has 0 aliphatic rings. The maximum absolute atomic E-state index is 5.28. The molecule has 0 N–H and O–H groups in total. The van der Waals surface area contributed by atoms with Gasteiger partial charge in [0.15, 0.2) is 16.8 Å². The topological polar surface area (TPSA) is 36.9 Å². The molecule has 0 bridgehead atoms. The van der Waals surface area contributed by atoms with Gasteiger partial charge in [0.25, 0.3) is 0 Å². The van der Waals surface area contributed by atoms with Crippen molar-refractivity contribution >= 4 is 16.8 Å². The summed E-state index contributed by atoms with van der Waals surface area (Å²) in [7, 11) is 5.10. The van der Waals surface area contributed by atoms with Crippen LogP contribution in [0, 0.1) is 0 Å². The van der Waals surface area contributed by atoms with Gasteiger partial charge in [0.2, 0.25) is 0 Å². The molecular weight excluding hydrogens is 222 g/mol. The summed E-state index contributed by atoms with van der Waals surface area (Å²) in [5, 5.41) is 0. The minimum absolute atomic E-state index is 0.381. The quantitative estimate of drug-likeness (QED) is 0.613. The molecule has 6 heteroatoms. The predicted molar refractivity (Wildman–Crippen MR) is 60.8 cm³/mol. The minimum Gasteiger partial charge on any atom is -0.337 e. The van der Waals surface area contributed by atoms with Crippen molar-refractivity contribution in [3.8, 4) is 0 Å². The maximum atomic E-state index is 5.28. The Balaban J connectivity index is 4.10. The van der Waals surface area contributed by atoms with E-state index >= 15 is 0 Å². The highest BCUT2D eigenvalue weighted by Crippen LogP contribution is 2.50. The smallest absolute Gasteiger partial charge is 0.173 e. The molecule has 0 spiro atoms. The average Bonchev–Trinajstić information content (AvgIpc) is 2.24. The number of hydrogen-bond acceptors (Lipinski definition) is 4. The van der Waals surface area contributed by atoms with Crippen molar-refractivity contribution < 1.29 is 18.1 Å². The fourth-order valence-corrected chi connectivity index (χ4v) is 4.14. The molecule has 0 aromatic heterocycles. The van der Waals surface area contributed by atoms with Crippen molar-refractivity contribution in [1.82, 2.24) is 0 Å². The molecule has 0 radical (unpaired) electrons. The second-order valence-corrected chi connectivity index (χ2v) is 6.39. The van der Waals surface area contributed by atoms with Gasteiger partial charge in [-0.25, -0.2) is 0 Å². The van der Waals surface area contributed by atoms with Crippen molar-refractivity contribution in [3.05, 3.63) is 0 Å². The van der Waals surface area contributed by atoms with E-state index in [-0.39, 0.29) is 0 Å². The lowest BCUT2D eigenvalue weighted by Gasteiger charge is -2.24. The Morgan fingerprint density at radius 2 is 1.43 bits per heavy atom. The highest BCUT2D eigenvalue weighted by atomic mass is 31.2. The first-order valence-electron chi connectivity index (χ1n) is 4.46. The van der Waals surface area contributed by atoms with E-state index in [0.29, 0.717) is 5.66 Å². The molecule has 0 saturated heterocycles. The highest BCUT2D eigenvalue weighted by molar-refractivity contribution is 7.52. The predicted octanol–water partition coefficient (Wildman–Crippen LogP) is 2.97. The van der Waals surface area contributed by atoms with Gasteiger partial charge in [-0.15, -0.1) is 0 Å². The Hall–Kier alpha value is 0.700. The van der Waals surface area contributed by atoms with Crippen LogP contribution in [0.1, 0.15) is 13.3 Å². The lowest BCUT2D eigenvalue weighted by Crippen LogP contribution is -2.12. The Labute approximate surface area is 89.1 Å². The molecule has 0 aromatic carbocycles. The van der Waals surface area contributed by atoms with Crippen LogP contribution in [-0.4, -0.2) is 40.3 Å². The molecule has 0 aromatic rings. The first-order chi connectivity index (χ1) is 6.73. The first-order valence-corrected chi connectivity index (χ1v) is 7.07. The van der Waals surface area contributed by atoms with E-state index in [9.17, 15) is 0 Å². The van der Waals surface area contributed by atoms with Crippen LogP contribution in [0.5, 0.6) is 0 Å². The molecule has 0 aliphatic carbocycles. The van der Waals surface area contributed by atoms with Gasteiger partial charge in [-0.1, -0.05) is 6.92 Å². The van der Waals surface area contributed by atoms with Crippen LogP contribution < -0.4 is 0 Å². The second kappa shape index (κ2) is 8.96. The average molecular weight is 242 g/mol. The standard InChI is InChI=1S/C8H20O4P2/c1-6-8(14(11-4)12-5)7-13(9-2)10-3/h8H,6-7H2,1-5H3. The van der Waals surface area contributed by atoms with E-state index in [2.05, 4.69) is 6.92 Å². The van der Waals surface area contributed by atoms with Gasteiger partial charge >= 0.3 is 0 Å². The fourth-order valence-electron chi connectivity index (χ4n) is 1.11. The molecule has 0 amide bonds. The summed E-state index contributed by atoms with van der Waals surface area (Å²) < 4.78 is 21.0. The molecule has 14 heavy (non-hydrogen) atoms. The second-order valence-electron chi connectivity index (χ2n) is 2.59. The van der Waals surface area contributed by atoms with Crippen LogP contribution in [0.25, 0.3) is 0 Å². The van der Waals surface area contributed by atoms with Crippen molar-refractivity contribution in [3.63, 3.8) is 0 Å². The highest BCUT2D eigenvalue weighted by Gasteiger charge is 2.24. The molecule has 1 atom stereocenters. The summed E-state index contributed by atoms with van der Waals surface area (Å²) in [6, 6.07) is 0. The van der Waals surface area contributed by atoms with E-state index in [4.69, 9.17) is 18.1 Å². The van der Waals surface area contributed by atoms with Gasteiger partial charge in [-0.2, -0.15) is 0 Å². The molecule has 0 heterocycles. The summed E-state index contributed by atoms with van der Waals surface area (Å²) in [5.74, 6) is 0. The largest absolute Gasteiger partial charge is 0.337 e. The molecule has 0 aliphatic heterocycles. The Morgan fingerprint density at radius 3 is 1.71 bits per heavy atom. The van der Waals surface area contributed by atoms with E-state index in [0.717, 1.165) is 12.6 Å². The van der Waals surface area contributed by atoms with E-state index in [1.165, 1.54) is 0 Å². The van der Waals surface area contributed by atoms with Crippen LogP contribution in [0.15, 0.2) is 0 Å². The molecule has 0 saturated carbocycles. The van der Waals surface area contributed by atoms with Crippen LogP contribution in [0.4, 0.5) is 0 Å². The summed E-state index contributed by atoms with van der Waals surface area (Å²) in [5.41, 5.74) is 0.381. The van der Waals surface area contributed by atoms with Gasteiger partial charge < -0.3 is 18.1 Å². The first kappa shape index (κ1) is 14.7. The van der Waals surface area contributed by atoms with Crippen molar-refractivity contribution in [1.29, 1.82) is 0 Å². The monoisotopic (exact) mass is 242 g/mol. The summed E-state index contributed by atoms with van der Waals surface area (Å²) in [6.45, 7) is 2.12. The molecule has 0 fully saturated rings. The van der Waals surface area contributed by atoms with Crippen LogP contribution in [0.2, 0.25) is 0 Å². The third-order valence-electron chi connectivity index (χ3n) is 1.90. The van der Waals surface area contributed by atoms with E-state index in [1.807, 2.05) is 0 Å². The number of rotatable bonds is 8. The summed E-state index contributed by atoms with van der Waals surface area (Å²) >= 11 is 0. The minimum atomic E-state index is -0.807. The third kappa shape index (κ3) is 4.97. The molecule has 1 unspecified atom stereocenters. The van der Waals surface area contributed by atoms with Gasteiger partial charge in [-0.05, 0) is 6.42 Å². The van der Waals surface area contributed by atoms with Gasteiger partial charge in [0.1, 0.15) is 0 Å². The van der Waals surface area contributed by atoms with E-state index < -0.39 is 16.8 Å². The zero-order chi connectivity index (χ0) is 11.0. The fraction of sp³-hybridized carbons (Fsp3) is 1.00. The van der Waals surface area contributed by atoms with E-state index in [1.54, 1.807) is 28.4 Å². The van der Waals surface area contributed by atoms with Crippen molar-refractivity contribution in [2.24, 2.45) is 0 Å². The molecule has 86 valence electrons. The lowest BCUT2D eigenvalue weighted by molar-refractivity contribution is 0.322. The van der Waals surface area contributed by atoms with Gasteiger partial charge in [0, 0.05) is 40.3 Å². The summed E-state index contributed by atoms with van der Waals surface area (Å²) in [6.07, 6.45) is 1.88. The van der Waals surface area contributed by atoms with Gasteiger partial charge in [0.05, 0.1) is 0 Å².